The summed E-state index contributed by atoms with van der Waals surface area (Å²) in [6.07, 6.45) is 0.0893. The number of hydrogen-bond donors (Lipinski definition) is 3. The summed E-state index contributed by atoms with van der Waals surface area (Å²) in [4.78, 5) is 14.0. The fourth-order valence-electron chi connectivity index (χ4n) is 2.65. The van der Waals surface area contributed by atoms with Crippen molar-refractivity contribution in [1.82, 2.24) is 10.2 Å². The normalized spacial score (nSPS) is 39.3. The van der Waals surface area contributed by atoms with Gasteiger partial charge in [0.05, 0.1) is 17.6 Å². The number of aliphatic hydroxyl groups excluding tert-OH is 2. The number of aliphatic hydroxyl groups is 2. The van der Waals surface area contributed by atoms with Crippen LogP contribution in [0.1, 0.15) is 19.8 Å². The molecule has 2 saturated heterocycles. The molecule has 0 bridgehead atoms. The van der Waals surface area contributed by atoms with Crippen molar-refractivity contribution in [2.45, 2.75) is 32.0 Å². The molecule has 0 radical (unpaired) electrons. The van der Waals surface area contributed by atoms with Gasteiger partial charge in [-0.2, -0.15) is 0 Å². The maximum absolute atomic E-state index is 12.4. The molecule has 2 rings (SSSR count). The second-order valence-electron chi connectivity index (χ2n) is 4.91. The first-order valence-corrected chi connectivity index (χ1v) is 5.95. The Morgan fingerprint density at radius 3 is 2.50 bits per heavy atom. The van der Waals surface area contributed by atoms with Crippen LogP contribution in [-0.2, 0) is 4.79 Å². The van der Waals surface area contributed by atoms with Gasteiger partial charge < -0.3 is 20.4 Å². The fraction of sp³-hybridized carbons (Fsp3) is 0.909. The monoisotopic (exact) mass is 228 g/mol. The number of carbonyl (C=O) groups is 1. The number of amides is 1. The van der Waals surface area contributed by atoms with E-state index in [4.69, 9.17) is 0 Å². The van der Waals surface area contributed by atoms with Crippen molar-refractivity contribution in [3.8, 4) is 0 Å². The molecule has 3 unspecified atom stereocenters. The molecule has 1 amide bonds. The first-order valence-electron chi connectivity index (χ1n) is 5.95. The lowest BCUT2D eigenvalue weighted by atomic mass is 9.83. The first-order chi connectivity index (χ1) is 7.59. The van der Waals surface area contributed by atoms with Crippen LogP contribution in [0.15, 0.2) is 0 Å². The highest BCUT2D eigenvalue weighted by Gasteiger charge is 2.45. The average Bonchev–Trinajstić information content (AvgIpc) is 2.87. The lowest BCUT2D eigenvalue weighted by molar-refractivity contribution is -0.140. The van der Waals surface area contributed by atoms with Crippen molar-refractivity contribution in [3.05, 3.63) is 0 Å². The minimum absolute atomic E-state index is 0.0793. The SMILES string of the molecule is CCC1(C(=O)N2CC(O)C(O)C2)CCNC1. The van der Waals surface area contributed by atoms with Crippen LogP contribution in [-0.4, -0.2) is 59.4 Å². The molecule has 3 N–H and O–H groups in total. The second-order valence-corrected chi connectivity index (χ2v) is 4.91. The van der Waals surface area contributed by atoms with E-state index >= 15 is 0 Å². The van der Waals surface area contributed by atoms with E-state index in [2.05, 4.69) is 5.32 Å². The van der Waals surface area contributed by atoms with Gasteiger partial charge in [-0.05, 0) is 19.4 Å². The molecular weight excluding hydrogens is 208 g/mol. The number of nitrogens with zero attached hydrogens (tertiary/aromatic N) is 1. The third-order valence-corrected chi connectivity index (χ3v) is 3.92. The summed E-state index contributed by atoms with van der Waals surface area (Å²) >= 11 is 0. The third-order valence-electron chi connectivity index (χ3n) is 3.92. The van der Waals surface area contributed by atoms with Crippen molar-refractivity contribution in [2.75, 3.05) is 26.2 Å². The summed E-state index contributed by atoms with van der Waals surface area (Å²) in [7, 11) is 0. The van der Waals surface area contributed by atoms with E-state index in [1.807, 2.05) is 6.92 Å². The van der Waals surface area contributed by atoms with Crippen LogP contribution >= 0.6 is 0 Å². The largest absolute Gasteiger partial charge is 0.388 e. The zero-order valence-corrected chi connectivity index (χ0v) is 9.65. The zero-order chi connectivity index (χ0) is 11.8. The van der Waals surface area contributed by atoms with Gasteiger partial charge in [-0.15, -0.1) is 0 Å². The lowest BCUT2D eigenvalue weighted by Crippen LogP contribution is -2.44. The van der Waals surface area contributed by atoms with Crippen molar-refractivity contribution in [1.29, 1.82) is 0 Å². The number of hydrogen-bond acceptors (Lipinski definition) is 4. The number of β-amino-alcohol motifs (C(OH)–C–C–N with tert-alkyl or cyclic N) is 2. The smallest absolute Gasteiger partial charge is 0.230 e. The Kier molecular flexibility index (Phi) is 3.19. The molecule has 0 spiro atoms. The van der Waals surface area contributed by atoms with Crippen molar-refractivity contribution >= 4 is 5.91 Å². The highest BCUT2D eigenvalue weighted by atomic mass is 16.3. The Labute approximate surface area is 95.4 Å². The summed E-state index contributed by atoms with van der Waals surface area (Å²) in [5.41, 5.74) is -0.316. The molecule has 2 heterocycles. The van der Waals surface area contributed by atoms with Gasteiger partial charge in [0.25, 0.3) is 0 Å². The topological polar surface area (TPSA) is 72.8 Å². The van der Waals surface area contributed by atoms with Gasteiger partial charge >= 0.3 is 0 Å². The maximum atomic E-state index is 12.4. The number of rotatable bonds is 2. The Hall–Kier alpha value is -0.650. The van der Waals surface area contributed by atoms with Crippen LogP contribution in [0.5, 0.6) is 0 Å². The predicted octanol–water partition coefficient (Wildman–Crippen LogP) is -1.06. The minimum atomic E-state index is -0.785. The third kappa shape index (κ3) is 1.83. The molecule has 0 aromatic rings. The number of likely N-dealkylation sites (tertiary alicyclic amines) is 1. The van der Waals surface area contributed by atoms with Crippen molar-refractivity contribution in [3.63, 3.8) is 0 Å². The van der Waals surface area contributed by atoms with Gasteiger partial charge in [0.15, 0.2) is 0 Å². The molecule has 0 aromatic carbocycles. The van der Waals surface area contributed by atoms with Crippen LogP contribution in [0.4, 0.5) is 0 Å². The zero-order valence-electron chi connectivity index (χ0n) is 9.65. The van der Waals surface area contributed by atoms with Crippen molar-refractivity contribution < 1.29 is 15.0 Å². The predicted molar refractivity (Wildman–Crippen MR) is 58.8 cm³/mol. The first kappa shape index (κ1) is 11.8. The molecule has 92 valence electrons. The van der Waals surface area contributed by atoms with E-state index in [0.717, 1.165) is 19.4 Å². The van der Waals surface area contributed by atoms with Crippen LogP contribution < -0.4 is 5.32 Å². The van der Waals surface area contributed by atoms with Gasteiger partial charge in [0.2, 0.25) is 5.91 Å². The fourth-order valence-corrected chi connectivity index (χ4v) is 2.65. The van der Waals surface area contributed by atoms with E-state index in [0.29, 0.717) is 6.54 Å². The molecular formula is C11H20N2O3. The van der Waals surface area contributed by atoms with E-state index < -0.39 is 12.2 Å². The Balaban J connectivity index is 2.07. The quantitative estimate of drug-likeness (QED) is 0.563. The van der Waals surface area contributed by atoms with E-state index in [1.165, 1.54) is 0 Å². The average molecular weight is 228 g/mol. The molecule has 0 aromatic heterocycles. The van der Waals surface area contributed by atoms with Gasteiger partial charge in [0, 0.05) is 19.6 Å². The molecule has 3 atom stereocenters. The molecule has 5 heteroatoms. The number of carbonyl (C=O) groups excluding carboxylic acids is 1. The molecule has 0 saturated carbocycles. The minimum Gasteiger partial charge on any atom is -0.388 e. The highest BCUT2D eigenvalue weighted by molar-refractivity contribution is 5.83. The molecule has 16 heavy (non-hydrogen) atoms. The van der Waals surface area contributed by atoms with Gasteiger partial charge in [-0.25, -0.2) is 0 Å². The van der Waals surface area contributed by atoms with E-state index in [9.17, 15) is 15.0 Å². The van der Waals surface area contributed by atoms with Crippen molar-refractivity contribution in [2.24, 2.45) is 5.41 Å². The van der Waals surface area contributed by atoms with Crippen LogP contribution in [0.3, 0.4) is 0 Å². The molecule has 2 aliphatic heterocycles. The summed E-state index contributed by atoms with van der Waals surface area (Å²) in [5.74, 6) is 0.0793. The Bertz CT molecular complexity index is 266. The molecule has 2 fully saturated rings. The summed E-state index contributed by atoms with van der Waals surface area (Å²) in [5, 5.41) is 22.1. The lowest BCUT2D eigenvalue weighted by Gasteiger charge is -2.30. The van der Waals surface area contributed by atoms with Crippen LogP contribution in [0, 0.1) is 5.41 Å². The maximum Gasteiger partial charge on any atom is 0.230 e. The Morgan fingerprint density at radius 2 is 2.06 bits per heavy atom. The van der Waals surface area contributed by atoms with Gasteiger partial charge in [0.1, 0.15) is 0 Å². The van der Waals surface area contributed by atoms with E-state index in [1.54, 1.807) is 4.90 Å². The Morgan fingerprint density at radius 1 is 1.44 bits per heavy atom. The highest BCUT2D eigenvalue weighted by Crippen LogP contribution is 2.32. The van der Waals surface area contributed by atoms with Gasteiger partial charge in [-0.3, -0.25) is 4.79 Å². The summed E-state index contributed by atoms with van der Waals surface area (Å²) in [6.45, 7) is 4.14. The molecule has 5 nitrogen and oxygen atoms in total. The molecule has 0 aliphatic carbocycles. The second kappa shape index (κ2) is 4.31. The van der Waals surface area contributed by atoms with Crippen LogP contribution in [0.2, 0.25) is 0 Å². The van der Waals surface area contributed by atoms with Gasteiger partial charge in [-0.1, -0.05) is 6.92 Å². The standard InChI is InChI=1S/C11H20N2O3/c1-2-11(3-4-12-7-11)10(16)13-5-8(14)9(15)6-13/h8-9,12,14-15H,2-7H2,1H3. The van der Waals surface area contributed by atoms with E-state index in [-0.39, 0.29) is 24.4 Å². The number of nitrogens with one attached hydrogen (secondary N) is 1. The van der Waals surface area contributed by atoms with Crippen LogP contribution in [0.25, 0.3) is 0 Å². The summed E-state index contributed by atoms with van der Waals surface area (Å²) < 4.78 is 0. The summed E-state index contributed by atoms with van der Waals surface area (Å²) in [6, 6.07) is 0. The molecule has 2 aliphatic rings.